The molecule has 0 amide bonds. The van der Waals surface area contributed by atoms with E-state index in [9.17, 15) is 9.90 Å². The van der Waals surface area contributed by atoms with Crippen molar-refractivity contribution in [2.24, 2.45) is 0 Å². The first-order valence-electron chi connectivity index (χ1n) is 28.0. The van der Waals surface area contributed by atoms with Gasteiger partial charge in [0.2, 0.25) is 0 Å². The fourth-order valence-electron chi connectivity index (χ4n) is 11.6. The molecule has 0 saturated carbocycles. The average Bonchev–Trinajstić information content (AvgIpc) is 4.46. The minimum absolute atomic E-state index is 0.210. The zero-order chi connectivity index (χ0) is 54.5. The van der Waals surface area contributed by atoms with E-state index in [2.05, 4.69) is 203 Å². The van der Waals surface area contributed by atoms with Crippen molar-refractivity contribution in [3.8, 4) is 34.1 Å². The Morgan fingerprint density at radius 3 is 1.40 bits per heavy atom. The standard InChI is InChI=1S/C71H71N5O2/c1-9-11-13-15-17-51-21-28-55(29-22-51)76(56-30-23-52(24-31-56)18-16-14-12-10-2)70-64-39-37-62(74-64)68(66-47(5)41-45(3)42-48(66)6)60-35-33-58(72-60)57(32-25-53-19-26-54(27-20-53)71(77)78)59-34-36-61(73-59)69(63-38-40-65(70)75-63)67-49(7)43-46(4)44-50(67)8/h19-24,26-31,33-44,72,75H,9-18H2,1-8H3,(H,77,78). The Morgan fingerprint density at radius 1 is 0.474 bits per heavy atom. The van der Waals surface area contributed by atoms with E-state index < -0.39 is 5.97 Å². The maximum atomic E-state index is 11.8. The first-order valence-corrected chi connectivity index (χ1v) is 28.0. The number of aromatic carboxylic acids is 1. The molecule has 7 heteroatoms. The van der Waals surface area contributed by atoms with Crippen LogP contribution in [0.5, 0.6) is 0 Å². The van der Waals surface area contributed by atoms with Crippen LogP contribution >= 0.6 is 0 Å². The average molecular weight is 1030 g/mol. The third kappa shape index (κ3) is 11.3. The molecule has 0 spiro atoms. The van der Waals surface area contributed by atoms with Crippen molar-refractivity contribution in [3.05, 3.63) is 205 Å². The largest absolute Gasteiger partial charge is 0.478 e. The second kappa shape index (κ2) is 23.4. The predicted molar refractivity (Wildman–Crippen MR) is 328 cm³/mol. The number of carboxylic acid groups (broad SMARTS) is 1. The number of carbonyl (C=O) groups is 1. The molecule has 5 heterocycles. The summed E-state index contributed by atoms with van der Waals surface area (Å²) in [6.45, 7) is 17.6. The molecule has 0 atom stereocenters. The SMILES string of the molecule is CCCCCCc1ccc(N(c2ccc(CCCCCC)cc2)c2c3nc(c(-c4c(C)cc(C)cc4C)c4ccc([nH]4)c(C#Cc4ccc(C(=O)O)cc4)c4nc(c(-c5c(C)cc(C)cc5C)c5ccc2[nH]5)C=C4)C=C3)cc1. The third-order valence-electron chi connectivity index (χ3n) is 15.3. The number of hydrogen-bond donors (Lipinski definition) is 3. The number of aromatic amines is 2. The van der Waals surface area contributed by atoms with E-state index in [1.807, 2.05) is 0 Å². The van der Waals surface area contributed by atoms with Crippen LogP contribution in [-0.4, -0.2) is 31.0 Å². The van der Waals surface area contributed by atoms with Gasteiger partial charge in [-0.05, 0) is 209 Å². The smallest absolute Gasteiger partial charge is 0.335 e. The number of fused-ring (bicyclic) bond motifs is 8. The van der Waals surface area contributed by atoms with Gasteiger partial charge in [-0.1, -0.05) is 124 Å². The summed E-state index contributed by atoms with van der Waals surface area (Å²) in [5, 5.41) is 9.65. The molecule has 10 rings (SSSR count). The topological polar surface area (TPSA) is 97.9 Å². The normalized spacial score (nSPS) is 11.7. The summed E-state index contributed by atoms with van der Waals surface area (Å²) < 4.78 is 0. The van der Waals surface area contributed by atoms with E-state index in [0.29, 0.717) is 16.8 Å². The second-order valence-electron chi connectivity index (χ2n) is 21.4. The van der Waals surface area contributed by atoms with Gasteiger partial charge < -0.3 is 20.0 Å². The summed E-state index contributed by atoms with van der Waals surface area (Å²) in [7, 11) is 0. The van der Waals surface area contributed by atoms with Gasteiger partial charge in [0, 0.05) is 39.1 Å². The first-order chi connectivity index (χ1) is 37.9. The van der Waals surface area contributed by atoms with Crippen molar-refractivity contribution >= 4 is 69.4 Å². The maximum Gasteiger partial charge on any atom is 0.335 e. The Bertz CT molecular complexity index is 3700. The third-order valence-corrected chi connectivity index (χ3v) is 15.3. The summed E-state index contributed by atoms with van der Waals surface area (Å²) in [5.41, 5.74) is 25.3. The monoisotopic (exact) mass is 1030 g/mol. The summed E-state index contributed by atoms with van der Waals surface area (Å²) in [6.07, 6.45) is 20.4. The van der Waals surface area contributed by atoms with Crippen molar-refractivity contribution < 1.29 is 9.90 Å². The molecule has 5 aromatic carbocycles. The van der Waals surface area contributed by atoms with E-state index in [1.54, 1.807) is 24.3 Å². The van der Waals surface area contributed by atoms with Crippen LogP contribution in [0.1, 0.15) is 154 Å². The van der Waals surface area contributed by atoms with Gasteiger partial charge in [0.1, 0.15) is 0 Å². The van der Waals surface area contributed by atoms with Crippen LogP contribution in [0.25, 0.3) is 68.6 Å². The van der Waals surface area contributed by atoms with Gasteiger partial charge in [0.25, 0.3) is 0 Å². The molecule has 3 N–H and O–H groups in total. The highest BCUT2D eigenvalue weighted by Gasteiger charge is 2.24. The van der Waals surface area contributed by atoms with Crippen LogP contribution < -0.4 is 4.90 Å². The second-order valence-corrected chi connectivity index (χ2v) is 21.4. The van der Waals surface area contributed by atoms with Gasteiger partial charge in [-0.25, -0.2) is 14.8 Å². The predicted octanol–water partition coefficient (Wildman–Crippen LogP) is 18.7. The van der Waals surface area contributed by atoms with Crippen molar-refractivity contribution in [2.45, 2.75) is 120 Å². The van der Waals surface area contributed by atoms with Crippen LogP contribution in [-0.2, 0) is 12.8 Å². The van der Waals surface area contributed by atoms with Gasteiger partial charge >= 0.3 is 5.97 Å². The summed E-state index contributed by atoms with van der Waals surface area (Å²) in [4.78, 5) is 33.4. The fourth-order valence-corrected chi connectivity index (χ4v) is 11.6. The van der Waals surface area contributed by atoms with E-state index >= 15 is 0 Å². The number of nitrogens with zero attached hydrogens (tertiary/aromatic N) is 3. The lowest BCUT2D eigenvalue weighted by molar-refractivity contribution is 0.0697. The fraction of sp³-hybridized carbons (Fsp3) is 0.254. The molecule has 7 nitrogen and oxygen atoms in total. The molecule has 78 heavy (non-hydrogen) atoms. The Kier molecular flexibility index (Phi) is 15.9. The molecule has 0 fully saturated rings. The van der Waals surface area contributed by atoms with Crippen LogP contribution in [0.15, 0.2) is 121 Å². The molecule has 3 aromatic heterocycles. The minimum atomic E-state index is -0.977. The Hall–Kier alpha value is -8.47. The van der Waals surface area contributed by atoms with Crippen molar-refractivity contribution in [1.29, 1.82) is 0 Å². The number of rotatable bonds is 16. The van der Waals surface area contributed by atoms with Crippen LogP contribution in [0.3, 0.4) is 0 Å². The molecule has 0 aliphatic carbocycles. The Morgan fingerprint density at radius 2 is 0.910 bits per heavy atom. The molecule has 392 valence electrons. The molecule has 0 unspecified atom stereocenters. The highest BCUT2D eigenvalue weighted by atomic mass is 16.4. The summed E-state index contributed by atoms with van der Waals surface area (Å²) in [6, 6.07) is 42.8. The number of carboxylic acids is 1. The molecular weight excluding hydrogens is 955 g/mol. The van der Waals surface area contributed by atoms with Crippen molar-refractivity contribution in [3.63, 3.8) is 0 Å². The highest BCUT2D eigenvalue weighted by molar-refractivity contribution is 6.00. The lowest BCUT2D eigenvalue weighted by atomic mass is 9.92. The number of H-pyrrole nitrogens is 2. The van der Waals surface area contributed by atoms with Gasteiger partial charge in [-0.3, -0.25) is 0 Å². The van der Waals surface area contributed by atoms with Crippen LogP contribution in [0, 0.1) is 53.4 Å². The molecule has 8 aromatic rings. The molecule has 8 bridgehead atoms. The number of aryl methyl sites for hydroxylation is 8. The summed E-state index contributed by atoms with van der Waals surface area (Å²) in [5.74, 6) is 5.90. The zero-order valence-corrected chi connectivity index (χ0v) is 46.6. The molecule has 2 aliphatic rings. The zero-order valence-electron chi connectivity index (χ0n) is 46.6. The van der Waals surface area contributed by atoms with E-state index in [-0.39, 0.29) is 5.56 Å². The lowest BCUT2D eigenvalue weighted by Crippen LogP contribution is -2.12. The van der Waals surface area contributed by atoms with Crippen LogP contribution in [0.2, 0.25) is 0 Å². The molecular formula is C71H71N5O2. The van der Waals surface area contributed by atoms with Crippen molar-refractivity contribution in [1.82, 2.24) is 19.9 Å². The minimum Gasteiger partial charge on any atom is -0.478 e. The molecule has 0 saturated heterocycles. The van der Waals surface area contributed by atoms with Gasteiger partial charge in [-0.2, -0.15) is 0 Å². The summed E-state index contributed by atoms with van der Waals surface area (Å²) >= 11 is 0. The number of anilines is 3. The Balaban J connectivity index is 1.31. The molecule has 0 radical (unpaired) electrons. The van der Waals surface area contributed by atoms with Gasteiger partial charge in [0.05, 0.1) is 50.6 Å². The first kappa shape index (κ1) is 52.9. The van der Waals surface area contributed by atoms with Crippen LogP contribution in [0.4, 0.5) is 17.1 Å². The highest BCUT2D eigenvalue weighted by Crippen LogP contribution is 2.44. The van der Waals surface area contributed by atoms with Gasteiger partial charge in [0.15, 0.2) is 0 Å². The number of aromatic nitrogens is 4. The number of nitrogens with one attached hydrogen (secondary N) is 2. The van der Waals surface area contributed by atoms with Gasteiger partial charge in [-0.15, -0.1) is 0 Å². The number of benzene rings is 5. The lowest BCUT2D eigenvalue weighted by Gasteiger charge is -2.27. The number of unbranched alkanes of at least 4 members (excludes halogenated alkanes) is 6. The quantitative estimate of drug-likeness (QED) is 0.0662. The van der Waals surface area contributed by atoms with E-state index in [4.69, 9.17) is 9.97 Å². The Labute approximate surface area is 460 Å². The maximum absolute atomic E-state index is 11.8. The van der Waals surface area contributed by atoms with E-state index in [1.165, 1.54) is 73.6 Å². The van der Waals surface area contributed by atoms with E-state index in [0.717, 1.165) is 114 Å². The van der Waals surface area contributed by atoms with Crippen molar-refractivity contribution in [2.75, 3.05) is 4.90 Å². The number of hydrogen-bond acceptors (Lipinski definition) is 4. The molecule has 2 aliphatic heterocycles.